The summed E-state index contributed by atoms with van der Waals surface area (Å²) in [5.74, 6) is 0.672. The maximum atomic E-state index is 13.4. The van der Waals surface area contributed by atoms with E-state index in [1.165, 1.54) is 11.6 Å². The van der Waals surface area contributed by atoms with Crippen LogP contribution in [-0.2, 0) is 12.8 Å². The first kappa shape index (κ1) is 12.6. The predicted octanol–water partition coefficient (Wildman–Crippen LogP) is 4.01. The highest BCUT2D eigenvalue weighted by Crippen LogP contribution is 2.13. The van der Waals surface area contributed by atoms with E-state index in [2.05, 4.69) is 19.1 Å². The first-order valence-electron chi connectivity index (χ1n) is 6.24. The molecule has 0 aromatic heterocycles. The molecular formula is C16H17FO. The Kier molecular flexibility index (Phi) is 4.35. The fourth-order valence-electron chi connectivity index (χ4n) is 1.80. The molecule has 2 aromatic carbocycles. The first-order valence-corrected chi connectivity index (χ1v) is 6.24. The zero-order valence-corrected chi connectivity index (χ0v) is 10.5. The molecule has 0 aliphatic heterocycles. The van der Waals surface area contributed by atoms with Crippen LogP contribution in [0.2, 0.25) is 0 Å². The molecule has 0 amide bonds. The number of rotatable bonds is 5. The molecular weight excluding hydrogens is 227 g/mol. The molecule has 0 bridgehead atoms. The van der Waals surface area contributed by atoms with E-state index in [9.17, 15) is 4.39 Å². The highest BCUT2D eigenvalue weighted by atomic mass is 19.1. The fourth-order valence-corrected chi connectivity index (χ4v) is 1.80. The van der Waals surface area contributed by atoms with Crippen LogP contribution in [0, 0.1) is 5.82 Å². The van der Waals surface area contributed by atoms with Crippen molar-refractivity contribution < 1.29 is 9.13 Å². The molecule has 0 radical (unpaired) electrons. The van der Waals surface area contributed by atoms with Gasteiger partial charge in [-0.05, 0) is 35.7 Å². The summed E-state index contributed by atoms with van der Waals surface area (Å²) in [6.45, 7) is 2.61. The molecule has 0 saturated heterocycles. The minimum Gasteiger partial charge on any atom is -0.493 e. The summed E-state index contributed by atoms with van der Waals surface area (Å²) in [7, 11) is 0. The molecule has 18 heavy (non-hydrogen) atoms. The van der Waals surface area contributed by atoms with E-state index >= 15 is 0 Å². The van der Waals surface area contributed by atoms with Crippen LogP contribution in [0.5, 0.6) is 5.75 Å². The maximum Gasteiger partial charge on any atom is 0.126 e. The van der Waals surface area contributed by atoms with Gasteiger partial charge in [0.1, 0.15) is 11.6 Å². The summed E-state index contributed by atoms with van der Waals surface area (Å²) in [6, 6.07) is 14.8. The molecule has 0 saturated carbocycles. The summed E-state index contributed by atoms with van der Waals surface area (Å²) >= 11 is 0. The highest BCUT2D eigenvalue weighted by molar-refractivity contribution is 5.27. The van der Waals surface area contributed by atoms with Crippen LogP contribution in [0.3, 0.4) is 0 Å². The van der Waals surface area contributed by atoms with Gasteiger partial charge in [0.05, 0.1) is 6.61 Å². The van der Waals surface area contributed by atoms with Crippen LogP contribution in [0.15, 0.2) is 48.5 Å². The number of hydrogen-bond acceptors (Lipinski definition) is 1. The quantitative estimate of drug-likeness (QED) is 0.772. The molecule has 0 unspecified atom stereocenters. The Morgan fingerprint density at radius 3 is 2.39 bits per heavy atom. The van der Waals surface area contributed by atoms with Crippen molar-refractivity contribution in [1.82, 2.24) is 0 Å². The lowest BCUT2D eigenvalue weighted by atomic mass is 10.1. The molecule has 2 heteroatoms. The molecule has 2 rings (SSSR count). The number of benzene rings is 2. The largest absolute Gasteiger partial charge is 0.493 e. The maximum absolute atomic E-state index is 13.4. The summed E-state index contributed by atoms with van der Waals surface area (Å²) in [5.41, 5.74) is 1.99. The minimum atomic E-state index is -0.164. The molecule has 0 atom stereocenters. The minimum absolute atomic E-state index is 0.164. The molecule has 0 aliphatic carbocycles. The Morgan fingerprint density at radius 2 is 1.72 bits per heavy atom. The summed E-state index contributed by atoms with van der Waals surface area (Å²) < 4.78 is 19.0. The molecule has 2 aromatic rings. The third-order valence-corrected chi connectivity index (χ3v) is 2.93. The fraction of sp³-hybridized carbons (Fsp3) is 0.250. The van der Waals surface area contributed by atoms with E-state index in [0.717, 1.165) is 12.2 Å². The van der Waals surface area contributed by atoms with E-state index < -0.39 is 0 Å². The lowest BCUT2D eigenvalue weighted by Crippen LogP contribution is -2.02. The van der Waals surface area contributed by atoms with Gasteiger partial charge in [0, 0.05) is 6.42 Å². The van der Waals surface area contributed by atoms with Crippen molar-refractivity contribution in [3.8, 4) is 5.75 Å². The van der Waals surface area contributed by atoms with Gasteiger partial charge >= 0.3 is 0 Å². The van der Waals surface area contributed by atoms with Gasteiger partial charge in [-0.15, -0.1) is 0 Å². The van der Waals surface area contributed by atoms with Gasteiger partial charge in [0.15, 0.2) is 0 Å². The van der Waals surface area contributed by atoms with Crippen LogP contribution in [0.25, 0.3) is 0 Å². The van der Waals surface area contributed by atoms with Crippen LogP contribution < -0.4 is 4.74 Å². The van der Waals surface area contributed by atoms with E-state index in [0.29, 0.717) is 18.6 Å². The zero-order valence-electron chi connectivity index (χ0n) is 10.5. The predicted molar refractivity (Wildman–Crippen MR) is 71.4 cm³/mol. The number of halogens is 1. The summed E-state index contributed by atoms with van der Waals surface area (Å²) in [5, 5.41) is 0. The molecule has 0 spiro atoms. The third kappa shape index (κ3) is 3.33. The summed E-state index contributed by atoms with van der Waals surface area (Å²) in [6.07, 6.45) is 1.61. The Balaban J connectivity index is 1.86. The van der Waals surface area contributed by atoms with Gasteiger partial charge in [-0.25, -0.2) is 4.39 Å². The van der Waals surface area contributed by atoms with Crippen LogP contribution in [0.1, 0.15) is 18.1 Å². The summed E-state index contributed by atoms with van der Waals surface area (Å²) in [4.78, 5) is 0. The van der Waals surface area contributed by atoms with E-state index in [1.807, 2.05) is 18.2 Å². The smallest absolute Gasteiger partial charge is 0.126 e. The van der Waals surface area contributed by atoms with Crippen molar-refractivity contribution in [3.05, 3.63) is 65.5 Å². The topological polar surface area (TPSA) is 9.23 Å². The third-order valence-electron chi connectivity index (χ3n) is 2.93. The Hall–Kier alpha value is -1.83. The number of ether oxygens (including phenoxy) is 1. The highest BCUT2D eigenvalue weighted by Gasteiger charge is 2.01. The average molecular weight is 244 g/mol. The first-order chi connectivity index (χ1) is 8.79. The lowest BCUT2D eigenvalue weighted by Gasteiger charge is -2.07. The van der Waals surface area contributed by atoms with Crippen molar-refractivity contribution in [1.29, 1.82) is 0 Å². The number of aryl methyl sites for hydroxylation is 1. The zero-order chi connectivity index (χ0) is 12.8. The van der Waals surface area contributed by atoms with Crippen molar-refractivity contribution in [2.24, 2.45) is 0 Å². The second kappa shape index (κ2) is 6.20. The molecule has 0 fully saturated rings. The standard InChI is InChI=1S/C16H17FO/c1-2-13-7-9-15(10-8-13)18-12-11-14-5-3-4-6-16(14)17/h3-10H,2,11-12H2,1H3. The van der Waals surface area contributed by atoms with Gasteiger partial charge in [-0.3, -0.25) is 0 Å². The number of hydrogen-bond donors (Lipinski definition) is 0. The van der Waals surface area contributed by atoms with Gasteiger partial charge in [-0.1, -0.05) is 37.3 Å². The van der Waals surface area contributed by atoms with Crippen molar-refractivity contribution in [2.45, 2.75) is 19.8 Å². The van der Waals surface area contributed by atoms with Crippen LogP contribution in [-0.4, -0.2) is 6.61 Å². The van der Waals surface area contributed by atoms with Crippen molar-refractivity contribution >= 4 is 0 Å². The molecule has 1 nitrogen and oxygen atoms in total. The molecule has 0 N–H and O–H groups in total. The van der Waals surface area contributed by atoms with Gasteiger partial charge < -0.3 is 4.74 Å². The van der Waals surface area contributed by atoms with Gasteiger partial charge in [-0.2, -0.15) is 0 Å². The van der Waals surface area contributed by atoms with E-state index in [-0.39, 0.29) is 5.82 Å². The van der Waals surface area contributed by atoms with Crippen molar-refractivity contribution in [3.63, 3.8) is 0 Å². The lowest BCUT2D eigenvalue weighted by molar-refractivity contribution is 0.320. The Bertz CT molecular complexity index is 491. The normalized spacial score (nSPS) is 10.3. The SMILES string of the molecule is CCc1ccc(OCCc2ccccc2F)cc1. The Morgan fingerprint density at radius 1 is 1.00 bits per heavy atom. The van der Waals surface area contributed by atoms with Crippen LogP contribution in [0.4, 0.5) is 4.39 Å². The van der Waals surface area contributed by atoms with E-state index in [4.69, 9.17) is 4.74 Å². The van der Waals surface area contributed by atoms with Gasteiger partial charge in [0.2, 0.25) is 0 Å². The molecule has 94 valence electrons. The van der Waals surface area contributed by atoms with Crippen molar-refractivity contribution in [2.75, 3.05) is 6.61 Å². The van der Waals surface area contributed by atoms with Gasteiger partial charge in [0.25, 0.3) is 0 Å². The van der Waals surface area contributed by atoms with E-state index in [1.54, 1.807) is 12.1 Å². The second-order valence-corrected chi connectivity index (χ2v) is 4.19. The second-order valence-electron chi connectivity index (χ2n) is 4.19. The average Bonchev–Trinajstić information content (AvgIpc) is 2.42. The molecule has 0 aliphatic rings. The van der Waals surface area contributed by atoms with Crippen LogP contribution >= 0.6 is 0 Å². The Labute approximate surface area is 107 Å². The monoisotopic (exact) mass is 244 g/mol. The molecule has 0 heterocycles.